The Morgan fingerprint density at radius 1 is 0.812 bits per heavy atom. The first-order valence-electron chi connectivity index (χ1n) is 9.91. The highest BCUT2D eigenvalue weighted by atomic mass is 19.1. The number of nitrogens with zero attached hydrogens (tertiary/aromatic N) is 1. The zero-order valence-corrected chi connectivity index (χ0v) is 17.0. The molecule has 32 heavy (non-hydrogen) atoms. The van der Waals surface area contributed by atoms with E-state index in [0.29, 0.717) is 22.6 Å². The standard InChI is InChI=1S/C27H18FNO3/c28-23-13-7-20(8-14-23)18-31-26-4-2-1-3-25(26)27(30)32-24-15-11-22(12-16-24)21-9-5-19(17-29)6-10-21/h1-16H,18H2. The molecule has 0 aliphatic carbocycles. The Bertz CT molecular complexity index is 1260. The highest BCUT2D eigenvalue weighted by molar-refractivity contribution is 5.94. The van der Waals surface area contributed by atoms with E-state index in [-0.39, 0.29) is 12.4 Å². The zero-order chi connectivity index (χ0) is 22.3. The predicted octanol–water partition coefficient (Wildman–Crippen LogP) is 6.16. The summed E-state index contributed by atoms with van der Waals surface area (Å²) in [6.45, 7) is 0.198. The van der Waals surface area contributed by atoms with E-state index >= 15 is 0 Å². The van der Waals surface area contributed by atoms with E-state index < -0.39 is 5.97 Å². The summed E-state index contributed by atoms with van der Waals surface area (Å²) in [4.78, 5) is 12.7. The van der Waals surface area contributed by atoms with Crippen LogP contribution in [-0.4, -0.2) is 5.97 Å². The number of benzene rings is 4. The number of nitriles is 1. The maximum atomic E-state index is 13.1. The van der Waals surface area contributed by atoms with Crippen LogP contribution in [0, 0.1) is 17.1 Å². The van der Waals surface area contributed by atoms with Gasteiger partial charge in [0.2, 0.25) is 0 Å². The molecule has 0 aliphatic rings. The minimum Gasteiger partial charge on any atom is -0.488 e. The fourth-order valence-electron chi connectivity index (χ4n) is 3.12. The molecule has 4 nitrogen and oxygen atoms in total. The summed E-state index contributed by atoms with van der Waals surface area (Å²) in [5.41, 5.74) is 3.58. The molecule has 0 saturated carbocycles. The van der Waals surface area contributed by atoms with Crippen LogP contribution in [-0.2, 0) is 6.61 Å². The number of carbonyl (C=O) groups excluding carboxylic acids is 1. The number of ether oxygens (including phenoxy) is 2. The second-order valence-electron chi connectivity index (χ2n) is 7.01. The van der Waals surface area contributed by atoms with Crippen LogP contribution in [0.4, 0.5) is 4.39 Å². The van der Waals surface area contributed by atoms with Crippen molar-refractivity contribution < 1.29 is 18.7 Å². The molecule has 0 fully saturated rings. The number of para-hydroxylation sites is 1. The Balaban J connectivity index is 1.44. The van der Waals surface area contributed by atoms with Crippen molar-refractivity contribution in [2.75, 3.05) is 0 Å². The molecular formula is C27H18FNO3. The van der Waals surface area contributed by atoms with E-state index in [1.54, 1.807) is 60.7 Å². The van der Waals surface area contributed by atoms with E-state index in [1.807, 2.05) is 24.3 Å². The van der Waals surface area contributed by atoms with Crippen molar-refractivity contribution in [2.24, 2.45) is 0 Å². The van der Waals surface area contributed by atoms with Crippen LogP contribution in [0.15, 0.2) is 97.1 Å². The van der Waals surface area contributed by atoms with Crippen molar-refractivity contribution in [3.8, 4) is 28.7 Å². The molecule has 4 aromatic carbocycles. The number of carbonyl (C=O) groups is 1. The summed E-state index contributed by atoms with van der Waals surface area (Å²) < 4.78 is 24.4. The molecule has 0 unspecified atom stereocenters. The van der Waals surface area contributed by atoms with Crippen molar-refractivity contribution >= 4 is 5.97 Å². The van der Waals surface area contributed by atoms with Crippen molar-refractivity contribution in [1.82, 2.24) is 0 Å². The Labute approximate surface area is 185 Å². The van der Waals surface area contributed by atoms with Crippen LogP contribution >= 0.6 is 0 Å². The van der Waals surface area contributed by atoms with Crippen LogP contribution < -0.4 is 9.47 Å². The monoisotopic (exact) mass is 423 g/mol. The molecule has 4 rings (SSSR count). The maximum Gasteiger partial charge on any atom is 0.347 e. The molecule has 5 heteroatoms. The highest BCUT2D eigenvalue weighted by Gasteiger charge is 2.15. The third-order valence-corrected chi connectivity index (χ3v) is 4.83. The molecule has 0 radical (unpaired) electrons. The molecule has 156 valence electrons. The van der Waals surface area contributed by atoms with Crippen molar-refractivity contribution in [1.29, 1.82) is 5.26 Å². The first-order chi connectivity index (χ1) is 15.6. The van der Waals surface area contributed by atoms with E-state index in [1.165, 1.54) is 12.1 Å². The fourth-order valence-corrected chi connectivity index (χ4v) is 3.12. The minimum atomic E-state index is -0.536. The van der Waals surface area contributed by atoms with Crippen LogP contribution in [0.2, 0.25) is 0 Å². The molecular weight excluding hydrogens is 405 g/mol. The first-order valence-corrected chi connectivity index (χ1v) is 9.91. The van der Waals surface area contributed by atoms with Gasteiger partial charge in [-0.2, -0.15) is 5.26 Å². The van der Waals surface area contributed by atoms with Crippen LogP contribution in [0.25, 0.3) is 11.1 Å². The number of rotatable bonds is 6. The third-order valence-electron chi connectivity index (χ3n) is 4.83. The predicted molar refractivity (Wildman–Crippen MR) is 119 cm³/mol. The second-order valence-corrected chi connectivity index (χ2v) is 7.01. The van der Waals surface area contributed by atoms with Crippen LogP contribution in [0.1, 0.15) is 21.5 Å². The van der Waals surface area contributed by atoms with Gasteiger partial charge in [0.05, 0.1) is 11.6 Å². The summed E-state index contributed by atoms with van der Waals surface area (Å²) in [5.74, 6) is -0.0643. The molecule has 0 heterocycles. The second kappa shape index (κ2) is 9.59. The van der Waals surface area contributed by atoms with E-state index in [4.69, 9.17) is 14.7 Å². The quantitative estimate of drug-likeness (QED) is 0.275. The molecule has 0 aliphatic heterocycles. The van der Waals surface area contributed by atoms with Crippen LogP contribution in [0.3, 0.4) is 0 Å². The van der Waals surface area contributed by atoms with E-state index in [9.17, 15) is 9.18 Å². The van der Waals surface area contributed by atoms with Crippen molar-refractivity contribution in [2.45, 2.75) is 6.61 Å². The Kier molecular flexibility index (Phi) is 6.24. The summed E-state index contributed by atoms with van der Waals surface area (Å²) in [6.07, 6.45) is 0. The molecule has 0 aromatic heterocycles. The lowest BCUT2D eigenvalue weighted by Gasteiger charge is -2.11. The molecule has 0 saturated heterocycles. The molecule has 0 N–H and O–H groups in total. The summed E-state index contributed by atoms with van der Waals surface area (Å²) in [5, 5.41) is 8.91. The van der Waals surface area contributed by atoms with Crippen molar-refractivity contribution in [3.63, 3.8) is 0 Å². The number of halogens is 1. The SMILES string of the molecule is N#Cc1ccc(-c2ccc(OC(=O)c3ccccc3OCc3ccc(F)cc3)cc2)cc1. The molecule has 0 amide bonds. The Morgan fingerprint density at radius 3 is 2.09 bits per heavy atom. The Hall–Kier alpha value is -4.43. The average Bonchev–Trinajstić information content (AvgIpc) is 2.84. The van der Waals surface area contributed by atoms with E-state index in [0.717, 1.165) is 16.7 Å². The number of hydrogen-bond acceptors (Lipinski definition) is 4. The number of hydrogen-bond donors (Lipinski definition) is 0. The van der Waals surface area contributed by atoms with Gasteiger partial charge in [-0.1, -0.05) is 48.5 Å². The minimum absolute atomic E-state index is 0.198. The summed E-state index contributed by atoms with van der Waals surface area (Å²) in [7, 11) is 0. The van der Waals surface area contributed by atoms with Crippen LogP contribution in [0.5, 0.6) is 11.5 Å². The van der Waals surface area contributed by atoms with Gasteiger partial charge < -0.3 is 9.47 Å². The summed E-state index contributed by atoms with van der Waals surface area (Å²) >= 11 is 0. The van der Waals surface area contributed by atoms with Gasteiger partial charge in [-0.15, -0.1) is 0 Å². The molecule has 0 bridgehead atoms. The van der Waals surface area contributed by atoms with E-state index in [2.05, 4.69) is 6.07 Å². The average molecular weight is 423 g/mol. The lowest BCUT2D eigenvalue weighted by atomic mass is 10.0. The van der Waals surface area contributed by atoms with Gasteiger partial charge in [-0.3, -0.25) is 0 Å². The number of esters is 1. The van der Waals surface area contributed by atoms with Gasteiger partial charge in [0.15, 0.2) is 0 Å². The van der Waals surface area contributed by atoms with Gasteiger partial charge in [-0.25, -0.2) is 9.18 Å². The normalized spacial score (nSPS) is 10.2. The largest absolute Gasteiger partial charge is 0.488 e. The summed E-state index contributed by atoms with van der Waals surface area (Å²) in [6, 6.07) is 29.3. The van der Waals surface area contributed by atoms with Gasteiger partial charge in [0.1, 0.15) is 29.5 Å². The topological polar surface area (TPSA) is 59.3 Å². The van der Waals surface area contributed by atoms with Crippen molar-refractivity contribution in [3.05, 3.63) is 120 Å². The van der Waals surface area contributed by atoms with Gasteiger partial charge in [-0.05, 0) is 65.2 Å². The Morgan fingerprint density at radius 2 is 1.44 bits per heavy atom. The highest BCUT2D eigenvalue weighted by Crippen LogP contribution is 2.25. The third kappa shape index (κ3) is 5.00. The van der Waals surface area contributed by atoms with Gasteiger partial charge >= 0.3 is 5.97 Å². The molecule has 0 spiro atoms. The lowest BCUT2D eigenvalue weighted by Crippen LogP contribution is -2.11. The smallest absolute Gasteiger partial charge is 0.347 e. The van der Waals surface area contributed by atoms with Gasteiger partial charge in [0.25, 0.3) is 0 Å². The zero-order valence-electron chi connectivity index (χ0n) is 17.0. The lowest BCUT2D eigenvalue weighted by molar-refractivity contribution is 0.0729. The van der Waals surface area contributed by atoms with Gasteiger partial charge in [0, 0.05) is 0 Å². The maximum absolute atomic E-state index is 13.1. The fraction of sp³-hybridized carbons (Fsp3) is 0.0370. The first kappa shape index (κ1) is 20.8. The molecule has 0 atom stereocenters. The molecule has 4 aromatic rings.